The molecule has 1 saturated heterocycles. The first-order chi connectivity index (χ1) is 12.7. The Labute approximate surface area is 182 Å². The second-order valence-electron chi connectivity index (χ2n) is 7.11. The molecule has 0 amide bonds. The van der Waals surface area contributed by atoms with Gasteiger partial charge in [-0.2, -0.15) is 0 Å². The molecule has 6 nitrogen and oxygen atoms in total. The lowest BCUT2D eigenvalue weighted by Gasteiger charge is -2.20. The molecule has 0 unspecified atom stereocenters. The third-order valence-corrected chi connectivity index (χ3v) is 4.69. The van der Waals surface area contributed by atoms with Crippen molar-refractivity contribution in [2.75, 3.05) is 51.7 Å². The molecule has 1 aromatic rings. The molecule has 0 aromatic carbocycles. The number of halogens is 1. The number of nitrogens with one attached hydrogen (secondary N) is 2. The van der Waals surface area contributed by atoms with Gasteiger partial charge >= 0.3 is 0 Å². The number of hydrogen-bond donors (Lipinski definition) is 2. The number of aromatic nitrogens is 1. The van der Waals surface area contributed by atoms with Gasteiger partial charge in [0.25, 0.3) is 0 Å². The molecular formula is C20H37IN6. The minimum Gasteiger partial charge on any atom is -0.362 e. The maximum atomic E-state index is 4.74. The minimum atomic E-state index is 0. The number of pyridine rings is 1. The first-order valence-electron chi connectivity index (χ1n) is 10.1. The summed E-state index contributed by atoms with van der Waals surface area (Å²) in [5, 5.41) is 6.81. The minimum absolute atomic E-state index is 0. The number of rotatable bonds is 8. The van der Waals surface area contributed by atoms with Crippen molar-refractivity contribution in [2.45, 2.75) is 45.6 Å². The van der Waals surface area contributed by atoms with Crippen molar-refractivity contribution in [1.82, 2.24) is 20.5 Å². The normalized spacial score (nSPS) is 15.6. The van der Waals surface area contributed by atoms with Crippen LogP contribution in [0.3, 0.4) is 0 Å². The Hall–Kier alpha value is -1.09. The Morgan fingerprint density at radius 3 is 2.59 bits per heavy atom. The number of guanidine groups is 1. The van der Waals surface area contributed by atoms with Crippen LogP contribution in [-0.2, 0) is 6.54 Å². The summed E-state index contributed by atoms with van der Waals surface area (Å²) < 4.78 is 0. The van der Waals surface area contributed by atoms with E-state index < -0.39 is 0 Å². The molecule has 2 rings (SSSR count). The molecule has 1 aliphatic rings. The second-order valence-corrected chi connectivity index (χ2v) is 7.11. The van der Waals surface area contributed by atoms with Gasteiger partial charge in [-0.15, -0.1) is 24.0 Å². The summed E-state index contributed by atoms with van der Waals surface area (Å²) in [5.41, 5.74) is 1.14. The van der Waals surface area contributed by atoms with E-state index in [2.05, 4.69) is 33.5 Å². The molecule has 0 bridgehead atoms. The zero-order valence-electron chi connectivity index (χ0n) is 17.2. The van der Waals surface area contributed by atoms with E-state index in [-0.39, 0.29) is 24.0 Å². The van der Waals surface area contributed by atoms with Crippen molar-refractivity contribution in [2.24, 2.45) is 4.99 Å². The van der Waals surface area contributed by atoms with Gasteiger partial charge in [0.2, 0.25) is 0 Å². The third-order valence-electron chi connectivity index (χ3n) is 4.69. The molecule has 1 fully saturated rings. The van der Waals surface area contributed by atoms with Crippen molar-refractivity contribution >= 4 is 35.8 Å². The number of hydrogen-bond acceptors (Lipinski definition) is 4. The highest BCUT2D eigenvalue weighted by molar-refractivity contribution is 14.0. The summed E-state index contributed by atoms with van der Waals surface area (Å²) in [7, 11) is 4.03. The molecule has 0 aliphatic carbocycles. The molecule has 0 radical (unpaired) electrons. The van der Waals surface area contributed by atoms with E-state index in [1.165, 1.54) is 45.3 Å². The molecule has 1 aliphatic heterocycles. The lowest BCUT2D eigenvalue weighted by molar-refractivity contribution is 0.282. The molecule has 2 N–H and O–H groups in total. The largest absolute Gasteiger partial charge is 0.362 e. The van der Waals surface area contributed by atoms with Crippen LogP contribution in [0.4, 0.5) is 5.82 Å². The fraction of sp³-hybridized carbons (Fsp3) is 0.700. The van der Waals surface area contributed by atoms with E-state index in [1.807, 2.05) is 31.3 Å². The predicted molar refractivity (Wildman–Crippen MR) is 126 cm³/mol. The molecule has 154 valence electrons. The van der Waals surface area contributed by atoms with Crippen LogP contribution in [0.15, 0.2) is 23.3 Å². The lowest BCUT2D eigenvalue weighted by Crippen LogP contribution is -2.39. The van der Waals surface area contributed by atoms with Crippen molar-refractivity contribution in [1.29, 1.82) is 0 Å². The highest BCUT2D eigenvalue weighted by Gasteiger charge is 2.08. The zero-order valence-corrected chi connectivity index (χ0v) is 19.5. The van der Waals surface area contributed by atoms with E-state index in [0.29, 0.717) is 6.54 Å². The van der Waals surface area contributed by atoms with Crippen LogP contribution in [0.1, 0.15) is 44.6 Å². The Morgan fingerprint density at radius 2 is 1.93 bits per heavy atom. The standard InChI is InChI=1S/C20H36N6.HI/c1-4-21-20(23-13-10-16-26-14-7-5-6-8-15-26)24-17-18-11-9-12-22-19(18)25(2)3;/h9,11-12H,4-8,10,13-17H2,1-3H3,(H2,21,23,24);1H. The topological polar surface area (TPSA) is 55.8 Å². The first kappa shape index (κ1) is 23.9. The van der Waals surface area contributed by atoms with Crippen molar-refractivity contribution in [3.8, 4) is 0 Å². The summed E-state index contributed by atoms with van der Waals surface area (Å²) >= 11 is 0. The zero-order chi connectivity index (χ0) is 18.6. The molecule has 0 saturated carbocycles. The van der Waals surface area contributed by atoms with Gasteiger partial charge in [0.15, 0.2) is 5.96 Å². The van der Waals surface area contributed by atoms with Crippen LogP contribution >= 0.6 is 24.0 Å². The maximum Gasteiger partial charge on any atom is 0.191 e. The van der Waals surface area contributed by atoms with Gasteiger partial charge in [-0.1, -0.05) is 18.9 Å². The molecule has 7 heteroatoms. The third kappa shape index (κ3) is 9.10. The van der Waals surface area contributed by atoms with Gasteiger partial charge in [-0.3, -0.25) is 0 Å². The van der Waals surface area contributed by atoms with Crippen molar-refractivity contribution in [3.05, 3.63) is 23.9 Å². The highest BCUT2D eigenvalue weighted by Crippen LogP contribution is 2.15. The Morgan fingerprint density at radius 1 is 1.19 bits per heavy atom. The highest BCUT2D eigenvalue weighted by atomic mass is 127. The number of nitrogens with zero attached hydrogens (tertiary/aromatic N) is 4. The van der Waals surface area contributed by atoms with Gasteiger partial charge < -0.3 is 20.4 Å². The number of likely N-dealkylation sites (tertiary alicyclic amines) is 1. The quantitative estimate of drug-likeness (QED) is 0.255. The van der Waals surface area contributed by atoms with Crippen LogP contribution in [0.2, 0.25) is 0 Å². The molecule has 2 heterocycles. The van der Waals surface area contributed by atoms with Crippen molar-refractivity contribution in [3.63, 3.8) is 0 Å². The summed E-state index contributed by atoms with van der Waals surface area (Å²) in [6, 6.07) is 4.06. The van der Waals surface area contributed by atoms with E-state index in [4.69, 9.17) is 4.99 Å². The predicted octanol–water partition coefficient (Wildman–Crippen LogP) is 3.09. The van der Waals surface area contributed by atoms with E-state index in [1.54, 1.807) is 0 Å². The van der Waals surface area contributed by atoms with Gasteiger partial charge in [-0.25, -0.2) is 9.98 Å². The summed E-state index contributed by atoms with van der Waals surface area (Å²) in [4.78, 5) is 13.8. The Kier molecular flexibility index (Phi) is 12.4. The first-order valence-corrected chi connectivity index (χ1v) is 10.1. The molecule has 1 aromatic heterocycles. The van der Waals surface area contributed by atoms with E-state index in [9.17, 15) is 0 Å². The summed E-state index contributed by atoms with van der Waals surface area (Å²) in [6.45, 7) is 8.26. The van der Waals surface area contributed by atoms with Crippen molar-refractivity contribution < 1.29 is 0 Å². The molecule has 0 spiro atoms. The number of aliphatic imine (C=N–C) groups is 1. The fourth-order valence-corrected chi connectivity index (χ4v) is 3.33. The lowest BCUT2D eigenvalue weighted by atomic mass is 10.2. The van der Waals surface area contributed by atoms with Crippen LogP contribution in [0.5, 0.6) is 0 Å². The van der Waals surface area contributed by atoms with Gasteiger partial charge in [-0.05, 0) is 51.9 Å². The van der Waals surface area contributed by atoms with Crippen LogP contribution in [0, 0.1) is 0 Å². The smallest absolute Gasteiger partial charge is 0.191 e. The fourth-order valence-electron chi connectivity index (χ4n) is 3.33. The van der Waals surface area contributed by atoms with Crippen LogP contribution in [0.25, 0.3) is 0 Å². The Balaban J connectivity index is 0.00000364. The molecular weight excluding hydrogens is 451 g/mol. The Bertz CT molecular complexity index is 541. The molecule has 27 heavy (non-hydrogen) atoms. The van der Waals surface area contributed by atoms with E-state index in [0.717, 1.165) is 36.9 Å². The second kappa shape index (κ2) is 14.0. The summed E-state index contributed by atoms with van der Waals surface area (Å²) in [5.74, 6) is 1.87. The number of anilines is 1. The van der Waals surface area contributed by atoms with Gasteiger partial charge in [0.1, 0.15) is 5.82 Å². The van der Waals surface area contributed by atoms with Gasteiger partial charge in [0.05, 0.1) is 6.54 Å². The van der Waals surface area contributed by atoms with E-state index >= 15 is 0 Å². The maximum absolute atomic E-state index is 4.74. The monoisotopic (exact) mass is 488 g/mol. The van der Waals surface area contributed by atoms with Gasteiger partial charge in [0, 0.05) is 38.9 Å². The average Bonchev–Trinajstić information content (AvgIpc) is 2.92. The average molecular weight is 488 g/mol. The summed E-state index contributed by atoms with van der Waals surface area (Å²) in [6.07, 6.45) is 8.49. The molecule has 0 atom stereocenters. The SMILES string of the molecule is CCNC(=NCc1cccnc1N(C)C)NCCCN1CCCCCC1.I. The van der Waals surface area contributed by atoms with Crippen LogP contribution < -0.4 is 15.5 Å². The van der Waals surface area contributed by atoms with Crippen LogP contribution in [-0.4, -0.2) is 62.7 Å².